The van der Waals surface area contributed by atoms with Gasteiger partial charge in [-0.2, -0.15) is 0 Å². The van der Waals surface area contributed by atoms with Gasteiger partial charge in [0.2, 0.25) is 0 Å². The Kier molecular flexibility index (Phi) is 3.44. The van der Waals surface area contributed by atoms with Crippen molar-refractivity contribution < 1.29 is 5.11 Å². The van der Waals surface area contributed by atoms with Crippen LogP contribution < -0.4 is 0 Å². The molecule has 0 saturated heterocycles. The summed E-state index contributed by atoms with van der Waals surface area (Å²) in [4.78, 5) is 13.1. The highest BCUT2D eigenvalue weighted by atomic mass is 32.2. The summed E-state index contributed by atoms with van der Waals surface area (Å²) in [5.74, 6) is 1.04. The largest absolute Gasteiger partial charge is 0.390 e. The molecular formula is C17H15N3OS. The maximum Gasteiger partial charge on any atom is 0.138 e. The first-order valence-corrected chi connectivity index (χ1v) is 8.19. The number of aryl methyl sites for hydroxylation is 1. The number of aliphatic hydroxyl groups excluding tert-OH is 1. The second-order valence-corrected chi connectivity index (χ2v) is 6.38. The maximum absolute atomic E-state index is 9.20. The molecule has 110 valence electrons. The smallest absolute Gasteiger partial charge is 0.138 e. The van der Waals surface area contributed by atoms with Crippen LogP contribution in [-0.2, 0) is 13.0 Å². The van der Waals surface area contributed by atoms with Gasteiger partial charge in [0, 0.05) is 40.2 Å². The van der Waals surface area contributed by atoms with Crippen LogP contribution in [-0.4, -0.2) is 25.8 Å². The average molecular weight is 309 g/mol. The Morgan fingerprint density at radius 2 is 2.23 bits per heavy atom. The molecule has 1 aliphatic rings. The molecule has 0 radical (unpaired) electrons. The van der Waals surface area contributed by atoms with Gasteiger partial charge in [-0.1, -0.05) is 0 Å². The number of nitrogens with zero attached hydrogens (tertiary/aromatic N) is 2. The van der Waals surface area contributed by atoms with E-state index in [1.54, 1.807) is 0 Å². The first-order chi connectivity index (χ1) is 10.8. The summed E-state index contributed by atoms with van der Waals surface area (Å²) >= 11 is 1.86. The van der Waals surface area contributed by atoms with Gasteiger partial charge < -0.3 is 10.1 Å². The second kappa shape index (κ2) is 5.59. The van der Waals surface area contributed by atoms with Gasteiger partial charge in [-0.25, -0.2) is 4.98 Å². The Morgan fingerprint density at radius 3 is 3.14 bits per heavy atom. The van der Waals surface area contributed by atoms with E-state index in [0.717, 1.165) is 23.2 Å². The quantitative estimate of drug-likeness (QED) is 0.763. The van der Waals surface area contributed by atoms with Gasteiger partial charge in [0.15, 0.2) is 0 Å². The van der Waals surface area contributed by atoms with E-state index in [0.29, 0.717) is 5.69 Å². The number of fused-ring (bicyclic) bond motifs is 2. The number of aromatic amines is 1. The van der Waals surface area contributed by atoms with E-state index in [1.807, 2.05) is 42.5 Å². The predicted octanol–water partition coefficient (Wildman–Crippen LogP) is 3.24. The fourth-order valence-corrected chi connectivity index (χ4v) is 3.81. The molecular weight excluding hydrogens is 294 g/mol. The minimum atomic E-state index is -0.0396. The van der Waals surface area contributed by atoms with Crippen LogP contribution in [0.25, 0.3) is 22.0 Å². The lowest BCUT2D eigenvalue weighted by atomic mass is 10.1. The highest BCUT2D eigenvalue weighted by molar-refractivity contribution is 8.08. The molecule has 0 unspecified atom stereocenters. The molecule has 0 bridgehead atoms. The second-order valence-electron chi connectivity index (χ2n) is 5.24. The minimum Gasteiger partial charge on any atom is -0.390 e. The number of hydrogen-bond acceptors (Lipinski definition) is 4. The Hall–Kier alpha value is -2.11. The van der Waals surface area contributed by atoms with Crippen molar-refractivity contribution >= 4 is 33.8 Å². The first-order valence-electron chi connectivity index (χ1n) is 7.21. The van der Waals surface area contributed by atoms with Crippen molar-refractivity contribution in [3.05, 3.63) is 59.2 Å². The summed E-state index contributed by atoms with van der Waals surface area (Å²) in [6.07, 6.45) is 9.07. The number of hydrogen-bond donors (Lipinski definition) is 2. The molecule has 5 heteroatoms. The molecule has 2 N–H and O–H groups in total. The van der Waals surface area contributed by atoms with E-state index in [2.05, 4.69) is 27.1 Å². The fraction of sp³-hybridized carbons (Fsp3) is 0.176. The van der Waals surface area contributed by atoms with Gasteiger partial charge in [0.25, 0.3) is 0 Å². The highest BCUT2D eigenvalue weighted by Crippen LogP contribution is 2.37. The summed E-state index contributed by atoms with van der Waals surface area (Å²) in [6, 6.07) is 5.97. The van der Waals surface area contributed by atoms with Crippen molar-refractivity contribution in [2.75, 3.05) is 5.75 Å². The average Bonchev–Trinajstić information content (AvgIpc) is 2.86. The normalized spacial score (nSPS) is 14.5. The van der Waals surface area contributed by atoms with Crippen LogP contribution in [0.3, 0.4) is 0 Å². The number of nitrogens with one attached hydrogen (secondary N) is 1. The third kappa shape index (κ3) is 2.32. The summed E-state index contributed by atoms with van der Waals surface area (Å²) in [6.45, 7) is -0.0396. The van der Waals surface area contributed by atoms with Crippen molar-refractivity contribution in [1.82, 2.24) is 15.0 Å². The Labute approximate surface area is 132 Å². The molecule has 0 atom stereocenters. The van der Waals surface area contributed by atoms with Gasteiger partial charge in [0.1, 0.15) is 5.65 Å². The van der Waals surface area contributed by atoms with Crippen molar-refractivity contribution in [2.45, 2.75) is 13.0 Å². The summed E-state index contributed by atoms with van der Waals surface area (Å²) in [5, 5.41) is 10.3. The molecule has 0 saturated carbocycles. The Morgan fingerprint density at radius 1 is 1.27 bits per heavy atom. The number of aliphatic hydroxyl groups is 1. The molecule has 3 aromatic rings. The van der Waals surface area contributed by atoms with Gasteiger partial charge in [-0.3, -0.25) is 4.98 Å². The number of pyridine rings is 2. The maximum atomic E-state index is 9.20. The molecule has 4 nitrogen and oxygen atoms in total. The minimum absolute atomic E-state index is 0.0396. The van der Waals surface area contributed by atoms with Crippen molar-refractivity contribution in [1.29, 1.82) is 0 Å². The molecule has 22 heavy (non-hydrogen) atoms. The van der Waals surface area contributed by atoms with E-state index in [4.69, 9.17) is 0 Å². The Balaban J connectivity index is 1.83. The van der Waals surface area contributed by atoms with Gasteiger partial charge in [0.05, 0.1) is 12.3 Å². The molecule has 0 aromatic carbocycles. The molecule has 4 heterocycles. The third-order valence-corrected chi connectivity index (χ3v) is 4.94. The summed E-state index contributed by atoms with van der Waals surface area (Å²) in [5.41, 5.74) is 5.21. The molecule has 3 aromatic heterocycles. The number of H-pyrrole nitrogens is 1. The lowest BCUT2D eigenvalue weighted by Crippen LogP contribution is -1.90. The van der Waals surface area contributed by atoms with Crippen molar-refractivity contribution in [3.8, 4) is 0 Å². The molecule has 0 spiro atoms. The number of aromatic nitrogens is 3. The zero-order valence-electron chi connectivity index (χ0n) is 11.9. The van der Waals surface area contributed by atoms with Crippen LogP contribution >= 0.6 is 11.8 Å². The van der Waals surface area contributed by atoms with Crippen LogP contribution in [0.5, 0.6) is 0 Å². The highest BCUT2D eigenvalue weighted by Gasteiger charge is 2.14. The first kappa shape index (κ1) is 13.5. The number of thioether (sulfide) groups is 1. The predicted molar refractivity (Wildman–Crippen MR) is 90.3 cm³/mol. The molecule has 0 aliphatic carbocycles. The molecule has 0 amide bonds. The molecule has 0 fully saturated rings. The topological polar surface area (TPSA) is 61.8 Å². The molecule has 4 rings (SSSR count). The van der Waals surface area contributed by atoms with E-state index in [-0.39, 0.29) is 6.61 Å². The summed E-state index contributed by atoms with van der Waals surface area (Å²) < 4.78 is 0. The van der Waals surface area contributed by atoms with Crippen LogP contribution in [0.15, 0.2) is 36.8 Å². The van der Waals surface area contributed by atoms with Crippen molar-refractivity contribution in [3.63, 3.8) is 0 Å². The van der Waals surface area contributed by atoms with Gasteiger partial charge in [-0.05, 0) is 41.8 Å². The van der Waals surface area contributed by atoms with Gasteiger partial charge in [-0.15, -0.1) is 11.8 Å². The van der Waals surface area contributed by atoms with Crippen molar-refractivity contribution in [2.24, 2.45) is 0 Å². The standard InChI is InChI=1S/C17H15N3OS/c21-10-13-1-2-14-15(9-19-17(14)20-13)16-7-11-3-5-18-8-12(11)4-6-22-16/h1-3,5,7-9,21H,4,6,10H2,(H,19,20). The molecule has 1 aliphatic heterocycles. The van der Waals surface area contributed by atoms with E-state index in [9.17, 15) is 5.11 Å². The van der Waals surface area contributed by atoms with E-state index in [1.165, 1.54) is 21.6 Å². The van der Waals surface area contributed by atoms with Crippen LogP contribution in [0.2, 0.25) is 0 Å². The van der Waals surface area contributed by atoms with E-state index < -0.39 is 0 Å². The van der Waals surface area contributed by atoms with Crippen LogP contribution in [0, 0.1) is 0 Å². The number of rotatable bonds is 2. The fourth-order valence-electron chi connectivity index (χ4n) is 2.73. The Bertz CT molecular complexity index is 869. The van der Waals surface area contributed by atoms with E-state index >= 15 is 0 Å². The van der Waals surface area contributed by atoms with Crippen LogP contribution in [0.4, 0.5) is 0 Å². The SMILES string of the molecule is OCc1ccc2c(C3=Cc4ccncc4CCS3)c[nH]c2n1. The van der Waals surface area contributed by atoms with Gasteiger partial charge >= 0.3 is 0 Å². The third-order valence-electron chi connectivity index (χ3n) is 3.88. The zero-order valence-corrected chi connectivity index (χ0v) is 12.7. The lowest BCUT2D eigenvalue weighted by Gasteiger charge is -2.03. The lowest BCUT2D eigenvalue weighted by molar-refractivity contribution is 0.277. The van der Waals surface area contributed by atoms with Crippen LogP contribution in [0.1, 0.15) is 22.4 Å². The zero-order chi connectivity index (χ0) is 14.9. The monoisotopic (exact) mass is 309 g/mol. The summed E-state index contributed by atoms with van der Waals surface area (Å²) in [7, 11) is 0.